The number of ether oxygens (including phenoxy) is 3. The van der Waals surface area contributed by atoms with Crippen LogP contribution in [0.3, 0.4) is 0 Å². The van der Waals surface area contributed by atoms with Crippen LogP contribution in [0.15, 0.2) is 71.2 Å². The number of ketones is 1. The Bertz CT molecular complexity index is 1390. The van der Waals surface area contributed by atoms with E-state index in [-0.39, 0.29) is 18.9 Å². The SMILES string of the molecule is COC(=O)c1ccc(OCN2CCCC2(Cl)C(=O)Cc2ccc(NC(=O)Nc3ccccc3Br)c(OC)c2)cc1. The average molecular weight is 631 g/mol. The third-order valence-electron chi connectivity index (χ3n) is 6.53. The van der Waals surface area contributed by atoms with Gasteiger partial charge in [-0.25, -0.2) is 14.5 Å². The second-order valence-corrected chi connectivity index (χ2v) is 10.6. The summed E-state index contributed by atoms with van der Waals surface area (Å²) in [6.07, 6.45) is 1.32. The molecule has 0 aromatic heterocycles. The number of carbonyl (C=O) groups excluding carboxylic acids is 3. The highest BCUT2D eigenvalue weighted by Gasteiger charge is 2.45. The Kier molecular flexibility index (Phi) is 9.67. The van der Waals surface area contributed by atoms with Crippen LogP contribution in [-0.4, -0.2) is 55.2 Å². The van der Waals surface area contributed by atoms with Gasteiger partial charge in [-0.15, -0.1) is 0 Å². The number of nitrogens with one attached hydrogen (secondary N) is 2. The van der Waals surface area contributed by atoms with Crippen LogP contribution >= 0.6 is 27.5 Å². The zero-order chi connectivity index (χ0) is 28.7. The fourth-order valence-corrected chi connectivity index (χ4v) is 5.11. The van der Waals surface area contributed by atoms with Crippen LogP contribution in [0.1, 0.15) is 28.8 Å². The Hall–Kier alpha value is -3.60. The molecule has 2 N–H and O–H groups in total. The van der Waals surface area contributed by atoms with Crippen molar-refractivity contribution in [2.75, 3.05) is 38.1 Å². The molecule has 0 bridgehead atoms. The molecule has 1 saturated heterocycles. The Balaban J connectivity index is 1.38. The van der Waals surface area contributed by atoms with Crippen LogP contribution in [-0.2, 0) is 16.0 Å². The van der Waals surface area contributed by atoms with Gasteiger partial charge in [-0.1, -0.05) is 29.8 Å². The van der Waals surface area contributed by atoms with Crippen molar-refractivity contribution in [2.24, 2.45) is 0 Å². The zero-order valence-corrected chi connectivity index (χ0v) is 24.4. The average Bonchev–Trinajstić information content (AvgIpc) is 3.35. The standard InChI is InChI=1S/C29H29BrClN3O6/c1-38-25-16-19(8-13-24(25)33-28(37)32-23-7-4-3-6-22(23)30)17-26(35)29(31)14-5-15-34(29)18-40-21-11-9-20(10-12-21)27(36)39-2/h3-4,6-13,16H,5,14-15,17-18H2,1-2H3,(H2,32,33,37). The molecular weight excluding hydrogens is 602 g/mol. The summed E-state index contributed by atoms with van der Waals surface area (Å²) >= 11 is 10.3. The highest BCUT2D eigenvalue weighted by molar-refractivity contribution is 9.10. The molecule has 9 nitrogen and oxygen atoms in total. The summed E-state index contributed by atoms with van der Waals surface area (Å²) < 4.78 is 16.8. The molecule has 0 spiro atoms. The van der Waals surface area contributed by atoms with Crippen LogP contribution < -0.4 is 20.1 Å². The van der Waals surface area contributed by atoms with Crippen molar-refractivity contribution in [3.63, 3.8) is 0 Å². The van der Waals surface area contributed by atoms with Gasteiger partial charge < -0.3 is 24.8 Å². The summed E-state index contributed by atoms with van der Waals surface area (Å²) in [6.45, 7) is 0.722. The van der Waals surface area contributed by atoms with Crippen molar-refractivity contribution in [1.82, 2.24) is 4.90 Å². The van der Waals surface area contributed by atoms with Crippen molar-refractivity contribution in [1.29, 1.82) is 0 Å². The van der Waals surface area contributed by atoms with Crippen molar-refractivity contribution >= 4 is 56.7 Å². The number of carbonyl (C=O) groups is 3. The Labute approximate surface area is 245 Å². The molecule has 1 atom stereocenters. The maximum atomic E-state index is 13.4. The van der Waals surface area contributed by atoms with Gasteiger partial charge in [0.2, 0.25) is 0 Å². The number of benzene rings is 3. The fraction of sp³-hybridized carbons (Fsp3) is 0.276. The van der Waals surface area contributed by atoms with E-state index < -0.39 is 17.0 Å². The minimum Gasteiger partial charge on any atom is -0.495 e. The monoisotopic (exact) mass is 629 g/mol. The Morgan fingerprint density at radius 2 is 1.73 bits per heavy atom. The van der Waals surface area contributed by atoms with Gasteiger partial charge in [0.05, 0.1) is 31.2 Å². The lowest BCUT2D eigenvalue weighted by Gasteiger charge is -2.31. The normalized spacial score (nSPS) is 16.7. The third kappa shape index (κ3) is 6.93. The van der Waals surface area contributed by atoms with Crippen molar-refractivity contribution in [3.05, 3.63) is 82.3 Å². The van der Waals surface area contributed by atoms with Crippen LogP contribution in [0.5, 0.6) is 11.5 Å². The first kappa shape index (κ1) is 29.4. The van der Waals surface area contributed by atoms with Gasteiger partial charge in [0.1, 0.15) is 18.2 Å². The van der Waals surface area contributed by atoms with Gasteiger partial charge in [-0.2, -0.15) is 0 Å². The lowest BCUT2D eigenvalue weighted by atomic mass is 10.0. The van der Waals surface area contributed by atoms with Gasteiger partial charge in [0.25, 0.3) is 0 Å². The highest BCUT2D eigenvalue weighted by atomic mass is 79.9. The summed E-state index contributed by atoms with van der Waals surface area (Å²) in [5.41, 5.74) is 2.19. The quantitative estimate of drug-likeness (QED) is 0.159. The number of rotatable bonds is 10. The molecule has 1 aliphatic rings. The second-order valence-electron chi connectivity index (χ2n) is 9.11. The van der Waals surface area contributed by atoms with E-state index >= 15 is 0 Å². The fourth-order valence-electron chi connectivity index (χ4n) is 4.39. The number of hydrogen-bond acceptors (Lipinski definition) is 7. The molecule has 1 unspecified atom stereocenters. The largest absolute Gasteiger partial charge is 0.495 e. The molecule has 2 amide bonds. The molecule has 0 saturated carbocycles. The maximum absolute atomic E-state index is 13.4. The Morgan fingerprint density at radius 1 is 1.00 bits per heavy atom. The number of halogens is 2. The van der Waals surface area contributed by atoms with E-state index in [0.29, 0.717) is 47.0 Å². The molecule has 4 rings (SSSR count). The van der Waals surface area contributed by atoms with Crippen LogP contribution in [0, 0.1) is 0 Å². The number of likely N-dealkylation sites (tertiary alicyclic amines) is 1. The second kappa shape index (κ2) is 13.2. The van der Waals surface area contributed by atoms with Crippen LogP contribution in [0.2, 0.25) is 0 Å². The molecule has 1 aliphatic heterocycles. The summed E-state index contributed by atoms with van der Waals surface area (Å²) in [4.78, 5) is 38.2. The topological polar surface area (TPSA) is 106 Å². The molecule has 210 valence electrons. The minimum atomic E-state index is -1.21. The van der Waals surface area contributed by atoms with Crippen molar-refractivity contribution < 1.29 is 28.6 Å². The summed E-state index contributed by atoms with van der Waals surface area (Å²) in [5.74, 6) is 0.368. The third-order valence-corrected chi connectivity index (χ3v) is 7.86. The van der Waals surface area contributed by atoms with Crippen molar-refractivity contribution in [2.45, 2.75) is 24.3 Å². The van der Waals surface area contributed by atoms with E-state index in [1.54, 1.807) is 48.5 Å². The number of esters is 1. The summed E-state index contributed by atoms with van der Waals surface area (Å²) in [7, 11) is 2.82. The van der Waals surface area contributed by atoms with E-state index in [2.05, 4.69) is 26.6 Å². The zero-order valence-electron chi connectivity index (χ0n) is 22.0. The summed E-state index contributed by atoms with van der Waals surface area (Å²) in [5, 5.41) is 5.55. The molecule has 3 aromatic rings. The molecule has 0 aliphatic carbocycles. The van der Waals surface area contributed by atoms with E-state index in [1.165, 1.54) is 14.2 Å². The van der Waals surface area contributed by atoms with Gasteiger partial charge >= 0.3 is 12.0 Å². The number of urea groups is 1. The highest BCUT2D eigenvalue weighted by Crippen LogP contribution is 2.36. The van der Waals surface area contributed by atoms with Gasteiger partial charge in [0.15, 0.2) is 10.8 Å². The molecular formula is C29H29BrClN3O6. The van der Waals surface area contributed by atoms with Crippen LogP contribution in [0.25, 0.3) is 0 Å². The summed E-state index contributed by atoms with van der Waals surface area (Å²) in [6, 6.07) is 18.6. The van der Waals surface area contributed by atoms with E-state index in [9.17, 15) is 14.4 Å². The predicted octanol–water partition coefficient (Wildman–Crippen LogP) is 6.07. The van der Waals surface area contributed by atoms with Gasteiger partial charge in [-0.05, 0) is 82.9 Å². The smallest absolute Gasteiger partial charge is 0.337 e. The first-order valence-corrected chi connectivity index (χ1v) is 13.7. The number of Topliss-reactive ketones (excluding diaryl/α,β-unsaturated/α-hetero) is 1. The molecule has 40 heavy (non-hydrogen) atoms. The number of nitrogens with zero attached hydrogens (tertiary/aromatic N) is 1. The minimum absolute atomic E-state index is 0.0770. The lowest BCUT2D eigenvalue weighted by molar-refractivity contribution is -0.125. The molecule has 0 radical (unpaired) electrons. The van der Waals surface area contributed by atoms with Crippen LogP contribution in [0.4, 0.5) is 16.2 Å². The first-order chi connectivity index (χ1) is 19.2. The van der Waals surface area contributed by atoms with E-state index in [1.807, 2.05) is 23.1 Å². The number of methoxy groups -OCH3 is 2. The number of anilines is 2. The molecule has 1 heterocycles. The number of hydrogen-bond donors (Lipinski definition) is 2. The van der Waals surface area contributed by atoms with Gasteiger partial charge in [-0.3, -0.25) is 4.79 Å². The first-order valence-electron chi connectivity index (χ1n) is 12.5. The molecule has 11 heteroatoms. The Morgan fingerprint density at radius 3 is 2.42 bits per heavy atom. The van der Waals surface area contributed by atoms with E-state index in [0.717, 1.165) is 10.9 Å². The number of para-hydroxylation sites is 1. The number of amides is 2. The number of alkyl halides is 1. The lowest BCUT2D eigenvalue weighted by Crippen LogP contribution is -2.48. The maximum Gasteiger partial charge on any atom is 0.337 e. The van der Waals surface area contributed by atoms with E-state index in [4.69, 9.17) is 25.8 Å². The predicted molar refractivity (Wildman–Crippen MR) is 156 cm³/mol. The van der Waals surface area contributed by atoms with Gasteiger partial charge in [0, 0.05) is 17.4 Å². The molecule has 1 fully saturated rings. The van der Waals surface area contributed by atoms with Crippen molar-refractivity contribution in [3.8, 4) is 11.5 Å². The molecule has 3 aromatic carbocycles.